The second kappa shape index (κ2) is 9.01. The van der Waals surface area contributed by atoms with E-state index in [9.17, 15) is 31.5 Å². The summed E-state index contributed by atoms with van der Waals surface area (Å²) in [7, 11) is -2.93. The van der Waals surface area contributed by atoms with E-state index in [4.69, 9.17) is 11.6 Å². The van der Waals surface area contributed by atoms with Crippen molar-refractivity contribution < 1.29 is 31.5 Å². The van der Waals surface area contributed by atoms with Gasteiger partial charge in [0.25, 0.3) is 10.0 Å². The van der Waals surface area contributed by atoms with Gasteiger partial charge in [-0.25, -0.2) is 13.2 Å². The molecule has 0 saturated heterocycles. The Morgan fingerprint density at radius 2 is 1.84 bits per heavy atom. The Kier molecular flexibility index (Phi) is 6.21. The fraction of sp³-hybridized carbons (Fsp3) is 0.217. The molecule has 0 amide bonds. The monoisotopic (exact) mass is 570 g/mol. The Morgan fingerprint density at radius 3 is 2.46 bits per heavy atom. The number of aryl methyl sites for hydroxylation is 1. The molecule has 1 N–H and O–H groups in total. The van der Waals surface area contributed by atoms with E-state index in [0.717, 1.165) is 28.8 Å². The molecule has 4 heterocycles. The van der Waals surface area contributed by atoms with Gasteiger partial charge in [0, 0.05) is 25.8 Å². The number of hydrogen-bond acceptors (Lipinski definition) is 5. The lowest BCUT2D eigenvalue weighted by atomic mass is 10.1. The summed E-state index contributed by atoms with van der Waals surface area (Å²) in [5.41, 5.74) is 0.336. The molecule has 3 aromatic heterocycles. The van der Waals surface area contributed by atoms with E-state index in [1.54, 1.807) is 28.8 Å². The van der Waals surface area contributed by atoms with Crippen LogP contribution < -0.4 is 0 Å². The lowest BCUT2D eigenvalue weighted by molar-refractivity contribution is -0.143. The molecule has 37 heavy (non-hydrogen) atoms. The molecule has 0 bridgehead atoms. The Balaban J connectivity index is 1.49. The Labute approximate surface area is 218 Å². The van der Waals surface area contributed by atoms with E-state index in [0.29, 0.717) is 15.9 Å². The molecular formula is C23H18ClF3N4O4S2. The first kappa shape index (κ1) is 25.5. The molecule has 0 unspecified atom stereocenters. The Hall–Kier alpha value is -3.13. The smallest absolute Gasteiger partial charge is 0.433 e. The third-order valence-corrected chi connectivity index (χ3v) is 9.86. The van der Waals surface area contributed by atoms with E-state index >= 15 is 0 Å². The summed E-state index contributed by atoms with van der Waals surface area (Å²) in [5, 5.41) is 13.7. The second-order valence-electron chi connectivity index (χ2n) is 8.30. The quantitative estimate of drug-likeness (QED) is 0.356. The highest BCUT2D eigenvalue weighted by Crippen LogP contribution is 2.40. The Bertz CT molecular complexity index is 1630. The second-order valence-corrected chi connectivity index (χ2v) is 11.9. The third kappa shape index (κ3) is 4.35. The van der Waals surface area contributed by atoms with E-state index in [1.165, 1.54) is 12.1 Å². The first-order valence-corrected chi connectivity index (χ1v) is 13.4. The van der Waals surface area contributed by atoms with Gasteiger partial charge in [-0.1, -0.05) is 41.9 Å². The van der Waals surface area contributed by atoms with Crippen LogP contribution in [-0.2, 0) is 36.3 Å². The number of sulfonamides is 1. The zero-order valence-corrected chi connectivity index (χ0v) is 21.4. The molecule has 1 aliphatic heterocycles. The van der Waals surface area contributed by atoms with E-state index in [2.05, 4.69) is 5.10 Å². The summed E-state index contributed by atoms with van der Waals surface area (Å²) in [6.45, 7) is -0.0148. The highest BCUT2D eigenvalue weighted by molar-refractivity contribution is 7.91. The maximum absolute atomic E-state index is 13.5. The van der Waals surface area contributed by atoms with Crippen LogP contribution in [0.15, 0.2) is 52.7 Å². The first-order valence-electron chi connectivity index (χ1n) is 10.8. The van der Waals surface area contributed by atoms with Crippen LogP contribution in [0.2, 0.25) is 5.02 Å². The van der Waals surface area contributed by atoms with Crippen LogP contribution in [0.3, 0.4) is 0 Å². The van der Waals surface area contributed by atoms with Crippen molar-refractivity contribution in [2.75, 3.05) is 6.54 Å². The van der Waals surface area contributed by atoms with Crippen molar-refractivity contribution in [2.24, 2.45) is 7.05 Å². The van der Waals surface area contributed by atoms with Gasteiger partial charge in [-0.2, -0.15) is 22.6 Å². The molecule has 14 heteroatoms. The lowest BCUT2D eigenvalue weighted by Crippen LogP contribution is -2.38. The number of carbonyl (C=O) groups is 1. The predicted molar refractivity (Wildman–Crippen MR) is 131 cm³/mol. The molecule has 0 aliphatic carbocycles. The molecule has 1 aliphatic rings. The number of rotatable bonds is 5. The maximum atomic E-state index is 13.5. The number of aromatic carboxylic acids is 1. The maximum Gasteiger partial charge on any atom is 0.433 e. The summed E-state index contributed by atoms with van der Waals surface area (Å²) >= 11 is 7.28. The average molecular weight is 571 g/mol. The number of nitrogens with zero attached hydrogens (tertiary/aromatic N) is 4. The van der Waals surface area contributed by atoms with Crippen molar-refractivity contribution in [2.45, 2.75) is 23.5 Å². The SMILES string of the molecule is Cn1nc(-c2ccc(S(=O)(=O)N3CCn4c(c(C(=O)O)c(Cl)c4-c4ccccc4)C3)s2)cc1C(F)(F)F. The normalized spacial score (nSPS) is 14.6. The molecule has 5 rings (SSSR count). The van der Waals surface area contributed by atoms with Gasteiger partial charge in [0.15, 0.2) is 0 Å². The molecule has 1 aromatic carbocycles. The predicted octanol–water partition coefficient (Wildman–Crippen LogP) is 5.19. The zero-order chi connectivity index (χ0) is 26.7. The topological polar surface area (TPSA) is 97.4 Å². The van der Waals surface area contributed by atoms with Gasteiger partial charge in [-0.3, -0.25) is 4.68 Å². The van der Waals surface area contributed by atoms with Gasteiger partial charge in [-0.15, -0.1) is 11.3 Å². The van der Waals surface area contributed by atoms with Crippen molar-refractivity contribution in [3.8, 4) is 21.8 Å². The van der Waals surface area contributed by atoms with Crippen LogP contribution in [0.4, 0.5) is 13.2 Å². The lowest BCUT2D eigenvalue weighted by Gasteiger charge is -2.28. The number of hydrogen-bond donors (Lipinski definition) is 1. The number of carboxylic acid groups (broad SMARTS) is 1. The van der Waals surface area contributed by atoms with Crippen molar-refractivity contribution in [3.05, 3.63) is 70.5 Å². The zero-order valence-electron chi connectivity index (χ0n) is 19.0. The van der Waals surface area contributed by atoms with Crippen LogP contribution >= 0.6 is 22.9 Å². The number of fused-ring (bicyclic) bond motifs is 1. The molecular weight excluding hydrogens is 553 g/mol. The molecule has 0 spiro atoms. The largest absolute Gasteiger partial charge is 0.478 e. The molecule has 0 atom stereocenters. The van der Waals surface area contributed by atoms with Crippen LogP contribution in [0.25, 0.3) is 21.8 Å². The number of aromatic nitrogens is 3. The summed E-state index contributed by atoms with van der Waals surface area (Å²) in [4.78, 5) is 12.3. The third-order valence-electron chi connectivity index (χ3n) is 6.07. The van der Waals surface area contributed by atoms with Gasteiger partial charge in [0.05, 0.1) is 22.1 Å². The minimum Gasteiger partial charge on any atom is -0.478 e. The Morgan fingerprint density at radius 1 is 1.14 bits per heavy atom. The fourth-order valence-electron chi connectivity index (χ4n) is 4.38. The summed E-state index contributed by atoms with van der Waals surface area (Å²) in [6, 6.07) is 12.6. The summed E-state index contributed by atoms with van der Waals surface area (Å²) < 4.78 is 69.8. The van der Waals surface area contributed by atoms with Gasteiger partial charge < -0.3 is 9.67 Å². The average Bonchev–Trinajstić information content (AvgIpc) is 3.54. The van der Waals surface area contributed by atoms with Crippen molar-refractivity contribution >= 4 is 38.9 Å². The van der Waals surface area contributed by atoms with Crippen molar-refractivity contribution in [1.82, 2.24) is 18.7 Å². The first-order chi connectivity index (χ1) is 17.4. The molecule has 194 valence electrons. The van der Waals surface area contributed by atoms with Crippen LogP contribution in [0, 0.1) is 0 Å². The number of thiophene rings is 1. The van der Waals surface area contributed by atoms with Crippen LogP contribution in [0.5, 0.6) is 0 Å². The number of benzene rings is 1. The van der Waals surface area contributed by atoms with Crippen molar-refractivity contribution in [1.29, 1.82) is 0 Å². The minimum atomic E-state index is -4.60. The number of carboxylic acids is 1. The van der Waals surface area contributed by atoms with E-state index in [1.807, 2.05) is 6.07 Å². The fourth-order valence-corrected chi connectivity index (χ4v) is 7.59. The van der Waals surface area contributed by atoms with Gasteiger partial charge in [0.1, 0.15) is 21.2 Å². The number of alkyl halides is 3. The molecule has 4 aromatic rings. The van der Waals surface area contributed by atoms with Gasteiger partial charge >= 0.3 is 12.1 Å². The summed E-state index contributed by atoms with van der Waals surface area (Å²) in [6.07, 6.45) is -4.60. The summed E-state index contributed by atoms with van der Waals surface area (Å²) in [5.74, 6) is -1.27. The highest BCUT2D eigenvalue weighted by Gasteiger charge is 2.37. The standard InChI is InChI=1S/C23H18ClF3N4O4S2/c1-29-17(23(25,26)27)11-14(28-29)16-7-8-18(36-16)37(34,35)30-9-10-31-15(12-30)19(22(32)33)20(24)21(31)13-5-3-2-4-6-13/h2-8,11H,9-10,12H2,1H3,(H,32,33). The van der Waals surface area contributed by atoms with E-state index < -0.39 is 27.9 Å². The van der Waals surface area contributed by atoms with E-state index in [-0.39, 0.29) is 50.7 Å². The van der Waals surface area contributed by atoms with Crippen molar-refractivity contribution in [3.63, 3.8) is 0 Å². The number of halogens is 4. The molecule has 0 saturated carbocycles. The molecule has 8 nitrogen and oxygen atoms in total. The van der Waals surface area contributed by atoms with Gasteiger partial charge in [-0.05, 0) is 23.8 Å². The van der Waals surface area contributed by atoms with Crippen LogP contribution in [-0.4, -0.2) is 44.7 Å². The highest BCUT2D eigenvalue weighted by atomic mass is 35.5. The van der Waals surface area contributed by atoms with Gasteiger partial charge in [0.2, 0.25) is 0 Å². The molecule has 0 radical (unpaired) electrons. The molecule has 0 fully saturated rings. The minimum absolute atomic E-state index is 0.00115. The van der Waals surface area contributed by atoms with Crippen LogP contribution in [0.1, 0.15) is 21.7 Å².